The Labute approximate surface area is 137 Å². The summed E-state index contributed by atoms with van der Waals surface area (Å²) in [7, 11) is 0. The van der Waals surface area contributed by atoms with Crippen molar-refractivity contribution < 1.29 is 28.0 Å². The van der Waals surface area contributed by atoms with E-state index in [4.69, 9.17) is 10.8 Å². The lowest BCUT2D eigenvalue weighted by Crippen LogP contribution is -2.06. The summed E-state index contributed by atoms with van der Waals surface area (Å²) >= 11 is 0.629. The Morgan fingerprint density at radius 2 is 1.92 bits per heavy atom. The number of nitrogens with zero attached hydrogens (tertiary/aromatic N) is 1. The predicted molar refractivity (Wildman–Crippen MR) is 80.0 cm³/mol. The van der Waals surface area contributed by atoms with Gasteiger partial charge in [-0.25, -0.2) is 4.79 Å². The summed E-state index contributed by atoms with van der Waals surface area (Å²) in [5.41, 5.74) is 3.54. The Morgan fingerprint density at radius 3 is 2.42 bits per heavy atom. The minimum absolute atomic E-state index is 0.0831. The van der Waals surface area contributed by atoms with E-state index >= 15 is 0 Å². The van der Waals surface area contributed by atoms with E-state index in [1.165, 1.54) is 6.07 Å². The SMILES string of the molecule is Nc1cc(C(F)(F)F)ccc1Sc1c(C(=O)O)cccc1[N+](=O)[O-]. The van der Waals surface area contributed by atoms with Gasteiger partial charge in [-0.3, -0.25) is 10.1 Å². The Balaban J connectivity index is 2.52. The summed E-state index contributed by atoms with van der Waals surface area (Å²) in [4.78, 5) is 21.4. The van der Waals surface area contributed by atoms with Gasteiger partial charge < -0.3 is 10.8 Å². The van der Waals surface area contributed by atoms with Crippen LogP contribution in [0.15, 0.2) is 46.2 Å². The van der Waals surface area contributed by atoms with Crippen molar-refractivity contribution in [1.82, 2.24) is 0 Å². The minimum Gasteiger partial charge on any atom is -0.478 e. The number of hydrogen-bond acceptors (Lipinski definition) is 5. The van der Waals surface area contributed by atoms with E-state index < -0.39 is 28.3 Å². The molecule has 2 aromatic rings. The first kappa shape index (κ1) is 17.6. The van der Waals surface area contributed by atoms with Gasteiger partial charge in [0.15, 0.2) is 0 Å². The van der Waals surface area contributed by atoms with E-state index in [9.17, 15) is 28.1 Å². The first-order valence-electron chi connectivity index (χ1n) is 6.26. The number of halogens is 3. The van der Waals surface area contributed by atoms with E-state index in [0.717, 1.165) is 24.3 Å². The summed E-state index contributed by atoms with van der Waals surface area (Å²) in [6, 6.07) is 5.99. The number of carboxylic acids is 1. The van der Waals surface area contributed by atoms with Gasteiger partial charge in [0, 0.05) is 16.6 Å². The molecule has 0 amide bonds. The van der Waals surface area contributed by atoms with Gasteiger partial charge in [0.05, 0.1) is 16.1 Å². The Kier molecular flexibility index (Phi) is 4.69. The summed E-state index contributed by atoms with van der Waals surface area (Å²) in [6.45, 7) is 0. The molecule has 6 nitrogen and oxygen atoms in total. The number of aromatic carboxylic acids is 1. The molecule has 0 atom stereocenters. The van der Waals surface area contributed by atoms with Gasteiger partial charge in [0.25, 0.3) is 5.69 Å². The topological polar surface area (TPSA) is 106 Å². The number of hydrogen-bond donors (Lipinski definition) is 2. The maximum atomic E-state index is 12.6. The fourth-order valence-electron chi connectivity index (χ4n) is 1.87. The van der Waals surface area contributed by atoms with Crippen LogP contribution in [0.25, 0.3) is 0 Å². The summed E-state index contributed by atoms with van der Waals surface area (Å²) in [5, 5.41) is 20.2. The lowest BCUT2D eigenvalue weighted by atomic mass is 10.2. The van der Waals surface area contributed by atoms with Crippen molar-refractivity contribution in [3.63, 3.8) is 0 Å². The van der Waals surface area contributed by atoms with E-state index in [-0.39, 0.29) is 21.0 Å². The van der Waals surface area contributed by atoms with Gasteiger partial charge in [-0.2, -0.15) is 13.2 Å². The van der Waals surface area contributed by atoms with Crippen LogP contribution in [0, 0.1) is 10.1 Å². The Bertz CT molecular complexity index is 792. The zero-order chi connectivity index (χ0) is 18.1. The average Bonchev–Trinajstić information content (AvgIpc) is 2.47. The fourth-order valence-corrected chi connectivity index (χ4v) is 2.92. The first-order chi connectivity index (χ1) is 11.1. The van der Waals surface area contributed by atoms with E-state index in [2.05, 4.69) is 0 Å². The summed E-state index contributed by atoms with van der Waals surface area (Å²) < 4.78 is 37.9. The molecule has 0 heterocycles. The van der Waals surface area contributed by atoms with Crippen LogP contribution >= 0.6 is 11.8 Å². The van der Waals surface area contributed by atoms with Crippen molar-refractivity contribution in [3.05, 3.63) is 57.6 Å². The zero-order valence-electron chi connectivity index (χ0n) is 11.7. The molecule has 10 heteroatoms. The molecule has 0 saturated carbocycles. The highest BCUT2D eigenvalue weighted by atomic mass is 32.2. The maximum absolute atomic E-state index is 12.6. The molecular formula is C14H9F3N2O4S. The normalized spacial score (nSPS) is 11.3. The molecule has 0 bridgehead atoms. The number of nitro benzene ring substituents is 1. The molecule has 0 aliphatic rings. The van der Waals surface area contributed by atoms with Crippen molar-refractivity contribution in [3.8, 4) is 0 Å². The number of benzene rings is 2. The zero-order valence-corrected chi connectivity index (χ0v) is 12.5. The predicted octanol–water partition coefficient (Wildman–Crippen LogP) is 4.05. The molecule has 0 aromatic heterocycles. The lowest BCUT2D eigenvalue weighted by molar-refractivity contribution is -0.387. The Morgan fingerprint density at radius 1 is 1.25 bits per heavy atom. The molecule has 24 heavy (non-hydrogen) atoms. The highest BCUT2D eigenvalue weighted by molar-refractivity contribution is 7.99. The molecule has 0 radical (unpaired) electrons. The molecule has 0 aliphatic carbocycles. The van der Waals surface area contributed by atoms with E-state index in [1.807, 2.05) is 0 Å². The van der Waals surface area contributed by atoms with Crippen LogP contribution in [0.4, 0.5) is 24.5 Å². The summed E-state index contributed by atoms with van der Waals surface area (Å²) in [5.74, 6) is -1.40. The van der Waals surface area contributed by atoms with Crippen LogP contribution in [0.2, 0.25) is 0 Å². The third-order valence-electron chi connectivity index (χ3n) is 2.97. The van der Waals surface area contributed by atoms with Gasteiger partial charge >= 0.3 is 12.1 Å². The molecule has 0 saturated heterocycles. The van der Waals surface area contributed by atoms with E-state index in [1.54, 1.807) is 0 Å². The van der Waals surface area contributed by atoms with Crippen molar-refractivity contribution in [2.75, 3.05) is 5.73 Å². The number of carboxylic acid groups (broad SMARTS) is 1. The standard InChI is InChI=1S/C14H9F3N2O4S/c15-14(16,17)7-4-5-11(9(18)6-7)24-12-8(13(20)21)2-1-3-10(12)19(22)23/h1-6H,18H2,(H,20,21). The minimum atomic E-state index is -4.58. The van der Waals surface area contributed by atoms with Crippen LogP contribution in [0.5, 0.6) is 0 Å². The molecule has 0 fully saturated rings. The molecular weight excluding hydrogens is 349 g/mol. The molecule has 3 N–H and O–H groups in total. The van der Waals surface area contributed by atoms with Crippen molar-refractivity contribution >= 4 is 29.1 Å². The largest absolute Gasteiger partial charge is 0.478 e. The third-order valence-corrected chi connectivity index (χ3v) is 4.20. The van der Waals surface area contributed by atoms with Gasteiger partial charge in [-0.15, -0.1) is 0 Å². The Hall–Kier alpha value is -2.75. The van der Waals surface area contributed by atoms with Crippen molar-refractivity contribution in [2.24, 2.45) is 0 Å². The highest BCUT2D eigenvalue weighted by Crippen LogP contribution is 2.41. The number of alkyl halides is 3. The number of carbonyl (C=O) groups is 1. The molecule has 0 spiro atoms. The van der Waals surface area contributed by atoms with Crippen LogP contribution in [-0.4, -0.2) is 16.0 Å². The molecule has 2 rings (SSSR count). The lowest BCUT2D eigenvalue weighted by Gasteiger charge is -2.11. The van der Waals surface area contributed by atoms with Crippen LogP contribution in [0.3, 0.4) is 0 Å². The second kappa shape index (κ2) is 6.40. The molecule has 0 unspecified atom stereocenters. The van der Waals surface area contributed by atoms with Gasteiger partial charge in [-0.1, -0.05) is 17.8 Å². The maximum Gasteiger partial charge on any atom is 0.416 e. The average molecular weight is 358 g/mol. The van der Waals surface area contributed by atoms with Crippen LogP contribution in [-0.2, 0) is 6.18 Å². The number of nitrogens with two attached hydrogens (primary N) is 1. The second-order valence-electron chi connectivity index (χ2n) is 4.57. The van der Waals surface area contributed by atoms with Crippen molar-refractivity contribution in [2.45, 2.75) is 16.0 Å². The number of nitro groups is 1. The second-order valence-corrected chi connectivity index (χ2v) is 5.62. The monoisotopic (exact) mass is 358 g/mol. The fraction of sp³-hybridized carbons (Fsp3) is 0.0714. The van der Waals surface area contributed by atoms with Gasteiger partial charge in [0.2, 0.25) is 0 Å². The molecule has 0 aliphatic heterocycles. The van der Waals surface area contributed by atoms with Crippen LogP contribution < -0.4 is 5.73 Å². The quantitative estimate of drug-likeness (QED) is 0.485. The first-order valence-corrected chi connectivity index (χ1v) is 7.08. The smallest absolute Gasteiger partial charge is 0.416 e. The van der Waals surface area contributed by atoms with Gasteiger partial charge in [0.1, 0.15) is 4.90 Å². The number of nitrogen functional groups attached to an aromatic ring is 1. The summed E-state index contributed by atoms with van der Waals surface area (Å²) in [6.07, 6.45) is -4.58. The van der Waals surface area contributed by atoms with Gasteiger partial charge in [-0.05, 0) is 24.3 Å². The van der Waals surface area contributed by atoms with Crippen LogP contribution in [0.1, 0.15) is 15.9 Å². The number of anilines is 1. The third kappa shape index (κ3) is 3.59. The number of rotatable bonds is 4. The van der Waals surface area contributed by atoms with E-state index in [0.29, 0.717) is 17.8 Å². The molecule has 126 valence electrons. The highest BCUT2D eigenvalue weighted by Gasteiger charge is 2.31. The molecule has 2 aromatic carbocycles. The van der Waals surface area contributed by atoms with Crippen molar-refractivity contribution in [1.29, 1.82) is 0 Å².